The van der Waals surface area contributed by atoms with E-state index in [1.54, 1.807) is 17.2 Å². The van der Waals surface area contributed by atoms with Crippen LogP contribution in [0.25, 0.3) is 10.9 Å². The summed E-state index contributed by atoms with van der Waals surface area (Å²) >= 11 is 0. The number of amides is 2. The molecule has 6 heteroatoms. The number of carbonyl (C=O) groups is 2. The largest absolute Gasteiger partial charge is 0.343 e. The van der Waals surface area contributed by atoms with Crippen LogP contribution in [0.1, 0.15) is 48.5 Å². The van der Waals surface area contributed by atoms with Gasteiger partial charge in [-0.05, 0) is 60.8 Å². The van der Waals surface area contributed by atoms with Crippen molar-refractivity contribution >= 4 is 22.7 Å². The second kappa shape index (κ2) is 6.03. The number of likely N-dealkylation sites (tertiary alicyclic amines) is 1. The molecule has 2 aliphatic carbocycles. The highest BCUT2D eigenvalue weighted by molar-refractivity contribution is 6.07. The van der Waals surface area contributed by atoms with Gasteiger partial charge >= 0.3 is 0 Å². The molecule has 0 radical (unpaired) electrons. The van der Waals surface area contributed by atoms with Crippen LogP contribution in [-0.4, -0.2) is 40.3 Å². The summed E-state index contributed by atoms with van der Waals surface area (Å²) in [7, 11) is 0. The summed E-state index contributed by atoms with van der Waals surface area (Å²) in [5.74, 6) is 0.0176. The van der Waals surface area contributed by atoms with E-state index in [1.165, 1.54) is 5.56 Å². The standard InChI is InChI=1S/C22H22N4O2/c1-22(5-6-22)14-2-3-18-17(10-14)16(4-7-24-18)21(28)25-12-20(27)26-15(11-23)8-13-9-19(13)26/h2-4,7,10,13,15,19H,5-6,8-9,12H2,1H3,(H,25,28)/t13-,15+,19+/m1/s1. The van der Waals surface area contributed by atoms with Crippen molar-refractivity contribution in [3.8, 4) is 6.07 Å². The Kier molecular flexibility index (Phi) is 3.70. The lowest BCUT2D eigenvalue weighted by molar-refractivity contribution is -0.131. The molecule has 5 rings (SSSR count). The third-order valence-corrected chi connectivity index (χ3v) is 6.62. The average Bonchev–Trinajstić information content (AvgIpc) is 3.62. The van der Waals surface area contributed by atoms with Crippen molar-refractivity contribution in [3.63, 3.8) is 0 Å². The molecule has 2 amide bonds. The number of hydrogen-bond donors (Lipinski definition) is 1. The molecular weight excluding hydrogens is 352 g/mol. The van der Waals surface area contributed by atoms with Crippen molar-refractivity contribution in [1.82, 2.24) is 15.2 Å². The van der Waals surface area contributed by atoms with Gasteiger partial charge in [0.15, 0.2) is 0 Å². The van der Waals surface area contributed by atoms with E-state index < -0.39 is 0 Å². The van der Waals surface area contributed by atoms with E-state index in [1.807, 2.05) is 6.07 Å². The van der Waals surface area contributed by atoms with Gasteiger partial charge in [-0.25, -0.2) is 0 Å². The fourth-order valence-electron chi connectivity index (χ4n) is 4.47. The fourth-order valence-corrected chi connectivity index (χ4v) is 4.47. The molecule has 1 aliphatic heterocycles. The molecule has 0 bridgehead atoms. The lowest BCUT2D eigenvalue weighted by Gasteiger charge is -2.22. The number of hydrogen-bond acceptors (Lipinski definition) is 4. The Bertz CT molecular complexity index is 1040. The molecule has 3 aliphatic rings. The summed E-state index contributed by atoms with van der Waals surface area (Å²) in [6.07, 6.45) is 5.68. The van der Waals surface area contributed by atoms with Crippen LogP contribution in [0.4, 0.5) is 0 Å². The van der Waals surface area contributed by atoms with E-state index in [0.29, 0.717) is 11.5 Å². The van der Waals surface area contributed by atoms with Crippen LogP contribution in [-0.2, 0) is 10.2 Å². The highest BCUT2D eigenvalue weighted by Crippen LogP contribution is 2.48. The molecule has 2 saturated carbocycles. The Morgan fingerprint density at radius 2 is 2.14 bits per heavy atom. The highest BCUT2D eigenvalue weighted by atomic mass is 16.2. The van der Waals surface area contributed by atoms with E-state index in [2.05, 4.69) is 35.4 Å². The second-order valence-electron chi connectivity index (χ2n) is 8.58. The molecule has 0 unspecified atom stereocenters. The minimum Gasteiger partial charge on any atom is -0.343 e. The number of nitrogens with zero attached hydrogens (tertiary/aromatic N) is 3. The second-order valence-corrected chi connectivity index (χ2v) is 8.58. The lowest BCUT2D eigenvalue weighted by Crippen LogP contribution is -2.44. The zero-order chi connectivity index (χ0) is 19.5. The third kappa shape index (κ3) is 2.73. The van der Waals surface area contributed by atoms with E-state index in [9.17, 15) is 14.9 Å². The first-order chi connectivity index (χ1) is 13.5. The van der Waals surface area contributed by atoms with Gasteiger partial charge in [-0.15, -0.1) is 0 Å². The summed E-state index contributed by atoms with van der Waals surface area (Å²) in [5.41, 5.74) is 2.74. The summed E-state index contributed by atoms with van der Waals surface area (Å²) in [5, 5.41) is 12.8. The van der Waals surface area contributed by atoms with E-state index >= 15 is 0 Å². The molecule has 1 saturated heterocycles. The molecule has 0 spiro atoms. The molecule has 1 N–H and O–H groups in total. The Labute approximate surface area is 163 Å². The molecule has 2 heterocycles. The van der Waals surface area contributed by atoms with Gasteiger partial charge in [0.25, 0.3) is 5.91 Å². The summed E-state index contributed by atoms with van der Waals surface area (Å²) in [6, 6.07) is 9.87. The predicted molar refractivity (Wildman–Crippen MR) is 103 cm³/mol. The summed E-state index contributed by atoms with van der Waals surface area (Å²) < 4.78 is 0. The van der Waals surface area contributed by atoms with Gasteiger partial charge < -0.3 is 10.2 Å². The number of nitriles is 1. The van der Waals surface area contributed by atoms with Gasteiger partial charge in [0.1, 0.15) is 6.04 Å². The number of aromatic nitrogens is 1. The number of pyridine rings is 1. The van der Waals surface area contributed by atoms with Crippen molar-refractivity contribution in [2.24, 2.45) is 5.92 Å². The Morgan fingerprint density at radius 3 is 2.89 bits per heavy atom. The number of fused-ring (bicyclic) bond motifs is 2. The number of nitrogens with one attached hydrogen (secondary N) is 1. The first-order valence-corrected chi connectivity index (χ1v) is 9.88. The lowest BCUT2D eigenvalue weighted by atomic mass is 9.95. The molecule has 3 fully saturated rings. The van der Waals surface area contributed by atoms with Crippen LogP contribution >= 0.6 is 0 Å². The van der Waals surface area contributed by atoms with Crippen LogP contribution in [0, 0.1) is 17.2 Å². The topological polar surface area (TPSA) is 86.1 Å². The molecular formula is C22H22N4O2. The average molecular weight is 374 g/mol. The number of benzene rings is 1. The first-order valence-electron chi connectivity index (χ1n) is 9.88. The van der Waals surface area contributed by atoms with E-state index in [-0.39, 0.29) is 35.9 Å². The molecule has 28 heavy (non-hydrogen) atoms. The third-order valence-electron chi connectivity index (χ3n) is 6.62. The zero-order valence-corrected chi connectivity index (χ0v) is 15.8. The molecule has 2 aromatic rings. The number of carbonyl (C=O) groups excluding carboxylic acids is 2. The zero-order valence-electron chi connectivity index (χ0n) is 15.8. The van der Waals surface area contributed by atoms with Gasteiger partial charge in [-0.2, -0.15) is 5.26 Å². The monoisotopic (exact) mass is 374 g/mol. The van der Waals surface area contributed by atoms with Gasteiger partial charge in [-0.1, -0.05) is 13.0 Å². The van der Waals surface area contributed by atoms with Crippen molar-refractivity contribution in [1.29, 1.82) is 5.26 Å². The molecule has 6 nitrogen and oxygen atoms in total. The summed E-state index contributed by atoms with van der Waals surface area (Å²) in [6.45, 7) is 2.15. The van der Waals surface area contributed by atoms with Crippen molar-refractivity contribution in [2.75, 3.05) is 6.54 Å². The Morgan fingerprint density at radius 1 is 1.32 bits per heavy atom. The quantitative estimate of drug-likeness (QED) is 0.891. The maximum atomic E-state index is 12.8. The van der Waals surface area contributed by atoms with Gasteiger partial charge in [0.05, 0.1) is 23.7 Å². The van der Waals surface area contributed by atoms with Crippen molar-refractivity contribution in [2.45, 2.75) is 50.1 Å². The van der Waals surface area contributed by atoms with Crippen LogP contribution in [0.5, 0.6) is 0 Å². The smallest absolute Gasteiger partial charge is 0.252 e. The minimum absolute atomic E-state index is 0.0819. The summed E-state index contributed by atoms with van der Waals surface area (Å²) in [4.78, 5) is 31.5. The Balaban J connectivity index is 1.34. The Hall–Kier alpha value is -2.94. The number of piperidine rings is 1. The normalized spacial score (nSPS) is 26.4. The molecule has 142 valence electrons. The number of rotatable bonds is 4. The fraction of sp³-hybridized carbons (Fsp3) is 0.455. The van der Waals surface area contributed by atoms with Gasteiger partial charge in [-0.3, -0.25) is 14.6 Å². The minimum atomic E-state index is -0.350. The van der Waals surface area contributed by atoms with Crippen LogP contribution in [0.2, 0.25) is 0 Å². The van der Waals surface area contributed by atoms with E-state index in [0.717, 1.165) is 36.6 Å². The van der Waals surface area contributed by atoms with Gasteiger partial charge in [0.2, 0.25) is 5.91 Å². The highest BCUT2D eigenvalue weighted by Gasteiger charge is 2.53. The molecule has 1 aromatic carbocycles. The van der Waals surface area contributed by atoms with Crippen LogP contribution in [0.3, 0.4) is 0 Å². The van der Waals surface area contributed by atoms with Crippen molar-refractivity contribution in [3.05, 3.63) is 41.6 Å². The SMILES string of the molecule is CC1(c2ccc3nccc(C(=O)NCC(=O)N4[C@H](C#N)C[C@@H]5C[C@@H]54)c3c2)CC1. The first kappa shape index (κ1) is 17.2. The molecule has 3 atom stereocenters. The van der Waals surface area contributed by atoms with E-state index in [4.69, 9.17) is 0 Å². The van der Waals surface area contributed by atoms with Crippen LogP contribution < -0.4 is 5.32 Å². The maximum Gasteiger partial charge on any atom is 0.252 e. The molecule has 1 aromatic heterocycles. The predicted octanol–water partition coefficient (Wildman–Crippen LogP) is 2.53. The van der Waals surface area contributed by atoms with Gasteiger partial charge in [0, 0.05) is 17.6 Å². The van der Waals surface area contributed by atoms with Crippen molar-refractivity contribution < 1.29 is 9.59 Å². The maximum absolute atomic E-state index is 12.8. The van der Waals surface area contributed by atoms with Crippen LogP contribution in [0.15, 0.2) is 30.5 Å².